The van der Waals surface area contributed by atoms with Gasteiger partial charge in [-0.3, -0.25) is 4.79 Å². The van der Waals surface area contributed by atoms with E-state index < -0.39 is 5.97 Å². The van der Waals surface area contributed by atoms with Crippen LogP contribution in [0.2, 0.25) is 0 Å². The minimum atomic E-state index is -1.01. The number of fused-ring (bicyclic) bond motifs is 1. The number of anilines is 1. The Hall–Kier alpha value is -2.86. The van der Waals surface area contributed by atoms with Crippen molar-refractivity contribution in [3.05, 3.63) is 69.7 Å². The normalized spacial score (nSPS) is 10.6. The Bertz CT molecular complexity index is 1030. The molecule has 26 heavy (non-hydrogen) atoms. The molecule has 3 aromatic rings. The Morgan fingerprint density at radius 3 is 2.50 bits per heavy atom. The topological polar surface area (TPSA) is 75.6 Å². The summed E-state index contributed by atoms with van der Waals surface area (Å²) in [6.45, 7) is 1.75. The molecule has 0 heterocycles. The lowest BCUT2D eigenvalue weighted by Crippen LogP contribution is -2.14. The van der Waals surface area contributed by atoms with Gasteiger partial charge in [-0.05, 0) is 63.5 Å². The highest BCUT2D eigenvalue weighted by molar-refractivity contribution is 9.10. The van der Waals surface area contributed by atoms with Crippen molar-refractivity contribution in [3.63, 3.8) is 0 Å². The van der Waals surface area contributed by atoms with E-state index in [1.807, 2.05) is 24.3 Å². The quantitative estimate of drug-likeness (QED) is 0.639. The maximum Gasteiger partial charge on any atom is 0.335 e. The first-order valence-corrected chi connectivity index (χ1v) is 8.62. The number of nitrogens with one attached hydrogen (secondary N) is 1. The van der Waals surface area contributed by atoms with E-state index in [0.29, 0.717) is 27.0 Å². The van der Waals surface area contributed by atoms with Gasteiger partial charge in [0, 0.05) is 5.69 Å². The molecular formula is C20H16BrNO4. The second kappa shape index (κ2) is 7.17. The fourth-order valence-electron chi connectivity index (χ4n) is 2.78. The second-order valence-electron chi connectivity index (χ2n) is 5.78. The van der Waals surface area contributed by atoms with Gasteiger partial charge in [0.15, 0.2) is 0 Å². The Labute approximate surface area is 158 Å². The summed E-state index contributed by atoms with van der Waals surface area (Å²) >= 11 is 3.52. The summed E-state index contributed by atoms with van der Waals surface area (Å²) in [7, 11) is 1.51. The van der Waals surface area contributed by atoms with Crippen LogP contribution in [0.15, 0.2) is 53.0 Å². The average Bonchev–Trinajstić information content (AvgIpc) is 2.63. The lowest BCUT2D eigenvalue weighted by molar-refractivity contribution is 0.0696. The number of methoxy groups -OCH3 is 1. The molecule has 0 saturated heterocycles. The zero-order chi connectivity index (χ0) is 18.8. The molecule has 6 heteroatoms. The molecule has 0 atom stereocenters. The van der Waals surface area contributed by atoms with Gasteiger partial charge in [0.2, 0.25) is 0 Å². The van der Waals surface area contributed by atoms with Crippen molar-refractivity contribution < 1.29 is 19.4 Å². The largest absolute Gasteiger partial charge is 0.495 e. The average molecular weight is 414 g/mol. The maximum atomic E-state index is 12.8. The SMILES string of the molecule is COc1c(C(=O)Nc2ccc(C(=O)O)cc2C)cc2ccccc2c1Br. The number of halogens is 1. The molecule has 3 rings (SSSR count). The van der Waals surface area contributed by atoms with E-state index in [-0.39, 0.29) is 11.5 Å². The Balaban J connectivity index is 2.01. The fourth-order valence-corrected chi connectivity index (χ4v) is 3.52. The highest BCUT2D eigenvalue weighted by atomic mass is 79.9. The summed E-state index contributed by atoms with van der Waals surface area (Å²) in [5.74, 6) is -0.897. The van der Waals surface area contributed by atoms with Gasteiger partial charge in [0.05, 0.1) is 22.7 Å². The van der Waals surface area contributed by atoms with Gasteiger partial charge in [-0.25, -0.2) is 4.79 Å². The number of ether oxygens (including phenoxy) is 1. The molecule has 0 aliphatic heterocycles. The van der Waals surface area contributed by atoms with Crippen molar-refractivity contribution >= 4 is 44.3 Å². The molecule has 0 bridgehead atoms. The highest BCUT2D eigenvalue weighted by Gasteiger charge is 2.19. The van der Waals surface area contributed by atoms with Crippen LogP contribution < -0.4 is 10.1 Å². The lowest BCUT2D eigenvalue weighted by Gasteiger charge is -2.14. The van der Waals surface area contributed by atoms with E-state index in [2.05, 4.69) is 21.2 Å². The Morgan fingerprint density at radius 1 is 1.12 bits per heavy atom. The van der Waals surface area contributed by atoms with Crippen LogP contribution in [0, 0.1) is 6.92 Å². The maximum absolute atomic E-state index is 12.8. The minimum Gasteiger partial charge on any atom is -0.495 e. The first-order valence-electron chi connectivity index (χ1n) is 7.83. The number of carboxylic acid groups (broad SMARTS) is 1. The van der Waals surface area contributed by atoms with Crippen LogP contribution in [0.1, 0.15) is 26.3 Å². The molecule has 0 aliphatic rings. The zero-order valence-electron chi connectivity index (χ0n) is 14.2. The number of hydrogen-bond acceptors (Lipinski definition) is 3. The zero-order valence-corrected chi connectivity index (χ0v) is 15.8. The smallest absolute Gasteiger partial charge is 0.335 e. The third-order valence-electron chi connectivity index (χ3n) is 4.11. The first kappa shape index (κ1) is 17.9. The number of hydrogen-bond donors (Lipinski definition) is 2. The van der Waals surface area contributed by atoms with Crippen LogP contribution in [0.25, 0.3) is 10.8 Å². The molecule has 0 aromatic heterocycles. The molecule has 5 nitrogen and oxygen atoms in total. The van der Waals surface area contributed by atoms with E-state index in [4.69, 9.17) is 9.84 Å². The summed E-state index contributed by atoms with van der Waals surface area (Å²) in [4.78, 5) is 23.9. The van der Waals surface area contributed by atoms with Crippen LogP contribution in [0.3, 0.4) is 0 Å². The number of benzene rings is 3. The standard InChI is InChI=1S/C20H16BrNO4/c1-11-9-13(20(24)25)7-8-16(11)22-19(23)15-10-12-5-3-4-6-14(12)17(21)18(15)26-2/h3-10H,1-2H3,(H,22,23)(H,24,25). The highest BCUT2D eigenvalue weighted by Crippen LogP contribution is 2.37. The molecule has 3 aromatic carbocycles. The van der Waals surface area contributed by atoms with Crippen molar-refractivity contribution in [3.8, 4) is 5.75 Å². The molecule has 0 fully saturated rings. The summed E-state index contributed by atoms with van der Waals surface area (Å²) < 4.78 is 6.15. The van der Waals surface area contributed by atoms with Crippen molar-refractivity contribution in [2.45, 2.75) is 6.92 Å². The number of carboxylic acids is 1. The van der Waals surface area contributed by atoms with Crippen LogP contribution in [-0.2, 0) is 0 Å². The van der Waals surface area contributed by atoms with E-state index in [0.717, 1.165) is 10.8 Å². The summed E-state index contributed by atoms with van der Waals surface area (Å²) in [5.41, 5.74) is 1.77. The molecule has 0 saturated carbocycles. The number of rotatable bonds is 4. The van der Waals surface area contributed by atoms with Gasteiger partial charge >= 0.3 is 5.97 Å². The van der Waals surface area contributed by atoms with E-state index >= 15 is 0 Å². The van der Waals surface area contributed by atoms with Crippen LogP contribution in [0.5, 0.6) is 5.75 Å². The molecule has 132 valence electrons. The summed E-state index contributed by atoms with van der Waals surface area (Å²) in [5, 5.41) is 13.7. The number of carbonyl (C=O) groups excluding carboxylic acids is 1. The van der Waals surface area contributed by atoms with Crippen molar-refractivity contribution in [1.29, 1.82) is 0 Å². The monoisotopic (exact) mass is 413 g/mol. The summed E-state index contributed by atoms with van der Waals surface area (Å²) in [6.07, 6.45) is 0. The molecule has 1 amide bonds. The number of aromatic carboxylic acids is 1. The van der Waals surface area contributed by atoms with Gasteiger partial charge in [0.25, 0.3) is 5.91 Å². The van der Waals surface area contributed by atoms with Gasteiger partial charge in [0.1, 0.15) is 5.75 Å². The Morgan fingerprint density at radius 2 is 1.85 bits per heavy atom. The van der Waals surface area contributed by atoms with E-state index in [1.165, 1.54) is 19.2 Å². The van der Waals surface area contributed by atoms with Crippen LogP contribution in [0.4, 0.5) is 5.69 Å². The second-order valence-corrected chi connectivity index (χ2v) is 6.57. The third-order valence-corrected chi connectivity index (χ3v) is 4.90. The molecular weight excluding hydrogens is 398 g/mol. The van der Waals surface area contributed by atoms with Crippen LogP contribution >= 0.6 is 15.9 Å². The predicted octanol–water partition coefficient (Wildman–Crippen LogP) is 4.87. The molecule has 0 aliphatic carbocycles. The Kier molecular flexibility index (Phi) is 4.95. The van der Waals surface area contributed by atoms with Crippen molar-refractivity contribution in [1.82, 2.24) is 0 Å². The van der Waals surface area contributed by atoms with Crippen molar-refractivity contribution in [2.75, 3.05) is 12.4 Å². The lowest BCUT2D eigenvalue weighted by atomic mass is 10.0. The number of amides is 1. The van der Waals surface area contributed by atoms with Gasteiger partial charge in [-0.2, -0.15) is 0 Å². The van der Waals surface area contributed by atoms with Gasteiger partial charge in [-0.15, -0.1) is 0 Å². The van der Waals surface area contributed by atoms with E-state index in [9.17, 15) is 9.59 Å². The molecule has 0 radical (unpaired) electrons. The van der Waals surface area contributed by atoms with E-state index in [1.54, 1.807) is 19.1 Å². The van der Waals surface area contributed by atoms with Gasteiger partial charge in [-0.1, -0.05) is 24.3 Å². The number of aryl methyl sites for hydroxylation is 1. The molecule has 0 unspecified atom stereocenters. The van der Waals surface area contributed by atoms with Gasteiger partial charge < -0.3 is 15.2 Å². The van der Waals surface area contributed by atoms with Crippen molar-refractivity contribution in [2.24, 2.45) is 0 Å². The minimum absolute atomic E-state index is 0.173. The fraction of sp³-hybridized carbons (Fsp3) is 0.100. The third kappa shape index (κ3) is 3.28. The predicted molar refractivity (Wildman–Crippen MR) is 104 cm³/mol. The number of carbonyl (C=O) groups is 2. The molecule has 0 spiro atoms. The first-order chi connectivity index (χ1) is 12.4. The molecule has 2 N–H and O–H groups in total. The summed E-state index contributed by atoms with van der Waals surface area (Å²) in [6, 6.07) is 14.0. The van der Waals surface area contributed by atoms with Crippen LogP contribution in [-0.4, -0.2) is 24.1 Å².